The summed E-state index contributed by atoms with van der Waals surface area (Å²) in [7, 11) is -2.21. The second kappa shape index (κ2) is 6.91. The van der Waals surface area contributed by atoms with E-state index in [0.717, 1.165) is 0 Å². The summed E-state index contributed by atoms with van der Waals surface area (Å²) in [5.74, 6) is 0.438. The molecule has 0 aromatic heterocycles. The summed E-state index contributed by atoms with van der Waals surface area (Å²) in [6.07, 6.45) is 0.240. The minimum absolute atomic E-state index is 0.0137. The molecule has 0 radical (unpaired) electrons. The van der Waals surface area contributed by atoms with Crippen LogP contribution in [0.2, 0.25) is 0 Å². The topological polar surface area (TPSA) is 98.5 Å². The van der Waals surface area contributed by atoms with Gasteiger partial charge in [-0.3, -0.25) is 4.79 Å². The molecule has 0 saturated heterocycles. The Balaban J connectivity index is 3.08. The van der Waals surface area contributed by atoms with Crippen molar-refractivity contribution in [3.05, 3.63) is 23.3 Å². The largest absolute Gasteiger partial charge is 0.493 e. The van der Waals surface area contributed by atoms with Crippen molar-refractivity contribution in [3.8, 4) is 5.75 Å². The van der Waals surface area contributed by atoms with Crippen LogP contribution in [-0.4, -0.2) is 28.0 Å². The summed E-state index contributed by atoms with van der Waals surface area (Å²) in [6, 6.07) is 3.20. The van der Waals surface area contributed by atoms with E-state index in [1.54, 1.807) is 20.0 Å². The first-order valence-electron chi connectivity index (χ1n) is 6.67. The van der Waals surface area contributed by atoms with Crippen LogP contribution in [0.5, 0.6) is 5.75 Å². The molecule has 1 rings (SSSR count). The number of nitrogens with one attached hydrogen (secondary N) is 1. The summed E-state index contributed by atoms with van der Waals surface area (Å²) in [4.78, 5) is 11.3. The number of primary sulfonamides is 1. The predicted octanol–water partition coefficient (Wildman–Crippen LogP) is 1.28. The monoisotopic (exact) mass is 314 g/mol. The zero-order valence-corrected chi connectivity index (χ0v) is 13.6. The number of nitrogens with two attached hydrogens (primary N) is 1. The van der Waals surface area contributed by atoms with Crippen molar-refractivity contribution in [2.75, 3.05) is 13.7 Å². The van der Waals surface area contributed by atoms with Gasteiger partial charge in [0.25, 0.3) is 0 Å². The number of ether oxygens (including phenoxy) is 1. The van der Waals surface area contributed by atoms with Crippen molar-refractivity contribution in [1.29, 1.82) is 0 Å². The third kappa shape index (κ3) is 4.71. The first-order valence-corrected chi connectivity index (χ1v) is 8.22. The molecule has 0 bridgehead atoms. The number of aryl methyl sites for hydroxylation is 1. The molecular weight excluding hydrogens is 292 g/mol. The van der Waals surface area contributed by atoms with E-state index in [1.165, 1.54) is 6.07 Å². The molecule has 1 aromatic carbocycles. The first kappa shape index (κ1) is 17.5. The lowest BCUT2D eigenvalue weighted by Gasteiger charge is -2.16. The van der Waals surface area contributed by atoms with E-state index in [0.29, 0.717) is 16.9 Å². The van der Waals surface area contributed by atoms with Crippen LogP contribution in [0, 0.1) is 6.92 Å². The summed E-state index contributed by atoms with van der Waals surface area (Å²) in [5, 5.41) is 7.76. The Hall–Kier alpha value is -1.60. The highest BCUT2D eigenvalue weighted by molar-refractivity contribution is 7.89. The van der Waals surface area contributed by atoms with E-state index in [-0.39, 0.29) is 29.7 Å². The predicted molar refractivity (Wildman–Crippen MR) is 80.8 cm³/mol. The van der Waals surface area contributed by atoms with Gasteiger partial charge in [0.05, 0.1) is 17.9 Å². The van der Waals surface area contributed by atoms with Gasteiger partial charge in [0.1, 0.15) is 5.75 Å². The maximum atomic E-state index is 11.6. The minimum Gasteiger partial charge on any atom is -0.493 e. The van der Waals surface area contributed by atoms with Crippen LogP contribution >= 0.6 is 0 Å². The lowest BCUT2D eigenvalue weighted by molar-refractivity contribution is -0.121. The standard InChI is InChI=1S/C14H22N2O4S/c1-9(2)11-8-12(20-6-5-14(17)16-4)10(3)7-13(11)21(15,18)19/h7-9H,5-6H2,1-4H3,(H,16,17)(H2,15,18,19). The van der Waals surface area contributed by atoms with E-state index >= 15 is 0 Å². The van der Waals surface area contributed by atoms with Gasteiger partial charge in [-0.1, -0.05) is 13.8 Å². The van der Waals surface area contributed by atoms with Crippen LogP contribution in [0.4, 0.5) is 0 Å². The average Bonchev–Trinajstić information content (AvgIpc) is 2.38. The Bertz CT molecular complexity index is 624. The third-order valence-corrected chi connectivity index (χ3v) is 4.07. The number of amides is 1. The van der Waals surface area contributed by atoms with Crippen LogP contribution in [-0.2, 0) is 14.8 Å². The van der Waals surface area contributed by atoms with Gasteiger partial charge in [0.2, 0.25) is 15.9 Å². The number of carbonyl (C=O) groups is 1. The molecule has 0 saturated carbocycles. The molecule has 0 fully saturated rings. The zero-order valence-electron chi connectivity index (χ0n) is 12.8. The van der Waals surface area contributed by atoms with Crippen LogP contribution < -0.4 is 15.2 Å². The smallest absolute Gasteiger partial charge is 0.238 e. The molecule has 0 aliphatic rings. The van der Waals surface area contributed by atoms with Crippen molar-refractivity contribution < 1.29 is 17.9 Å². The SMILES string of the molecule is CNC(=O)CCOc1cc(C(C)C)c(S(N)(=O)=O)cc1C. The van der Waals surface area contributed by atoms with Gasteiger partial charge in [0, 0.05) is 7.05 Å². The fourth-order valence-electron chi connectivity index (χ4n) is 1.91. The molecule has 118 valence electrons. The number of carbonyl (C=O) groups excluding carboxylic acids is 1. The fraction of sp³-hybridized carbons (Fsp3) is 0.500. The van der Waals surface area contributed by atoms with Crippen molar-refractivity contribution >= 4 is 15.9 Å². The Labute approximate surface area is 125 Å². The summed E-state index contributed by atoms with van der Waals surface area (Å²) in [6.45, 7) is 5.74. The second-order valence-corrected chi connectivity index (χ2v) is 6.66. The molecular formula is C14H22N2O4S. The van der Waals surface area contributed by atoms with E-state index in [4.69, 9.17) is 9.88 Å². The Morgan fingerprint density at radius 2 is 2.00 bits per heavy atom. The van der Waals surface area contributed by atoms with Gasteiger partial charge in [-0.2, -0.15) is 0 Å². The van der Waals surface area contributed by atoms with Gasteiger partial charge in [-0.25, -0.2) is 13.6 Å². The van der Waals surface area contributed by atoms with Crippen molar-refractivity contribution in [1.82, 2.24) is 5.32 Å². The molecule has 1 aromatic rings. The summed E-state index contributed by atoms with van der Waals surface area (Å²) >= 11 is 0. The number of sulfonamides is 1. The molecule has 0 spiro atoms. The first-order chi connectivity index (χ1) is 9.66. The Morgan fingerprint density at radius 1 is 1.38 bits per heavy atom. The van der Waals surface area contributed by atoms with E-state index in [2.05, 4.69) is 5.32 Å². The van der Waals surface area contributed by atoms with E-state index in [9.17, 15) is 13.2 Å². The second-order valence-electron chi connectivity index (χ2n) is 5.13. The molecule has 0 unspecified atom stereocenters. The minimum atomic E-state index is -3.78. The maximum absolute atomic E-state index is 11.6. The number of hydrogen-bond donors (Lipinski definition) is 2. The van der Waals surface area contributed by atoms with Gasteiger partial charge in [-0.15, -0.1) is 0 Å². The van der Waals surface area contributed by atoms with Crippen LogP contribution in [0.25, 0.3) is 0 Å². The van der Waals surface area contributed by atoms with Gasteiger partial charge in [-0.05, 0) is 36.1 Å². The lowest BCUT2D eigenvalue weighted by atomic mass is 10.0. The molecule has 0 heterocycles. The Kier molecular flexibility index (Phi) is 5.74. The Morgan fingerprint density at radius 3 is 2.48 bits per heavy atom. The molecule has 0 atom stereocenters. The van der Waals surface area contributed by atoms with Crippen molar-refractivity contribution in [3.63, 3.8) is 0 Å². The van der Waals surface area contributed by atoms with Gasteiger partial charge >= 0.3 is 0 Å². The molecule has 21 heavy (non-hydrogen) atoms. The third-order valence-electron chi connectivity index (χ3n) is 3.10. The summed E-state index contributed by atoms with van der Waals surface area (Å²) < 4.78 is 28.9. The molecule has 7 heteroatoms. The molecule has 6 nitrogen and oxygen atoms in total. The van der Waals surface area contributed by atoms with Gasteiger partial charge < -0.3 is 10.1 Å². The van der Waals surface area contributed by atoms with Crippen molar-refractivity contribution in [2.45, 2.75) is 38.0 Å². The molecule has 1 amide bonds. The average molecular weight is 314 g/mol. The highest BCUT2D eigenvalue weighted by Crippen LogP contribution is 2.30. The van der Waals surface area contributed by atoms with E-state index < -0.39 is 10.0 Å². The van der Waals surface area contributed by atoms with E-state index in [1.807, 2.05) is 13.8 Å². The highest BCUT2D eigenvalue weighted by Gasteiger charge is 2.19. The van der Waals surface area contributed by atoms with Crippen LogP contribution in [0.1, 0.15) is 37.3 Å². The quantitative estimate of drug-likeness (QED) is 0.826. The van der Waals surface area contributed by atoms with Crippen LogP contribution in [0.15, 0.2) is 17.0 Å². The highest BCUT2D eigenvalue weighted by atomic mass is 32.2. The fourth-order valence-corrected chi connectivity index (χ4v) is 2.87. The number of benzene rings is 1. The molecule has 0 aliphatic heterocycles. The van der Waals surface area contributed by atoms with Gasteiger partial charge in [0.15, 0.2) is 0 Å². The van der Waals surface area contributed by atoms with Crippen LogP contribution in [0.3, 0.4) is 0 Å². The maximum Gasteiger partial charge on any atom is 0.238 e. The molecule has 0 aliphatic carbocycles. The number of rotatable bonds is 6. The molecule has 3 N–H and O–H groups in total. The lowest BCUT2D eigenvalue weighted by Crippen LogP contribution is -2.20. The zero-order chi connectivity index (χ0) is 16.2. The normalized spacial score (nSPS) is 11.5. The van der Waals surface area contributed by atoms with Crippen molar-refractivity contribution in [2.24, 2.45) is 5.14 Å². The number of hydrogen-bond acceptors (Lipinski definition) is 4. The summed E-state index contributed by atoms with van der Waals surface area (Å²) in [5.41, 5.74) is 1.28.